The van der Waals surface area contributed by atoms with Crippen LogP contribution in [0.4, 0.5) is 5.00 Å². The van der Waals surface area contributed by atoms with E-state index in [-0.39, 0.29) is 12.5 Å². The maximum absolute atomic E-state index is 12.7. The molecule has 0 fully saturated rings. The van der Waals surface area contributed by atoms with E-state index in [1.165, 1.54) is 17.4 Å². The summed E-state index contributed by atoms with van der Waals surface area (Å²) in [6, 6.07) is 17.2. The van der Waals surface area contributed by atoms with Crippen LogP contribution in [-0.4, -0.2) is 25.1 Å². The van der Waals surface area contributed by atoms with E-state index < -0.39 is 5.97 Å². The molecule has 32 heavy (non-hydrogen) atoms. The number of esters is 1. The number of thiophene rings is 1. The second-order valence-corrected chi connectivity index (χ2v) is 8.29. The molecule has 0 aliphatic rings. The highest BCUT2D eigenvalue weighted by atomic mass is 32.1. The molecule has 2 aromatic carbocycles. The molecule has 0 aliphatic heterocycles. The molecular formula is C26H27NO4S. The number of anilines is 1. The van der Waals surface area contributed by atoms with Gasteiger partial charge in [0.05, 0.1) is 13.2 Å². The van der Waals surface area contributed by atoms with Gasteiger partial charge in [0.25, 0.3) is 0 Å². The van der Waals surface area contributed by atoms with Crippen LogP contribution in [0.1, 0.15) is 41.1 Å². The number of amides is 1. The van der Waals surface area contributed by atoms with Crippen molar-refractivity contribution >= 4 is 34.3 Å². The summed E-state index contributed by atoms with van der Waals surface area (Å²) in [4.78, 5) is 26.3. The van der Waals surface area contributed by atoms with Gasteiger partial charge in [0, 0.05) is 16.5 Å². The summed E-state index contributed by atoms with van der Waals surface area (Å²) in [5.41, 5.74) is 2.96. The quantitative estimate of drug-likeness (QED) is 0.306. The van der Waals surface area contributed by atoms with E-state index in [9.17, 15) is 9.59 Å². The van der Waals surface area contributed by atoms with Gasteiger partial charge in [0.2, 0.25) is 5.91 Å². The van der Waals surface area contributed by atoms with Crippen molar-refractivity contribution in [3.63, 3.8) is 0 Å². The molecule has 0 saturated carbocycles. The first kappa shape index (κ1) is 23.3. The normalized spacial score (nSPS) is 10.8. The van der Waals surface area contributed by atoms with Crippen molar-refractivity contribution in [1.82, 2.24) is 0 Å². The predicted octanol–water partition coefficient (Wildman–Crippen LogP) is 6.34. The Morgan fingerprint density at radius 2 is 1.75 bits per heavy atom. The van der Waals surface area contributed by atoms with Crippen LogP contribution >= 0.6 is 11.3 Å². The summed E-state index contributed by atoms with van der Waals surface area (Å²) in [5.74, 6) is 0.0374. The Kier molecular flexibility index (Phi) is 8.22. The van der Waals surface area contributed by atoms with Crippen molar-refractivity contribution in [2.45, 2.75) is 27.2 Å². The van der Waals surface area contributed by atoms with Crippen molar-refractivity contribution in [3.8, 4) is 16.9 Å². The Morgan fingerprint density at radius 3 is 2.41 bits per heavy atom. The minimum atomic E-state index is -0.447. The summed E-state index contributed by atoms with van der Waals surface area (Å²) in [6.07, 6.45) is 4.12. The second kappa shape index (κ2) is 11.3. The molecule has 1 heterocycles. The van der Waals surface area contributed by atoms with Crippen LogP contribution in [0.3, 0.4) is 0 Å². The molecule has 0 saturated heterocycles. The SMILES string of the molecule is CCCOc1ccc(/C=C/C(=O)Nc2sc(C)c(-c3ccccc3)c2C(=O)OCC)cc1. The monoisotopic (exact) mass is 449 g/mol. The van der Waals surface area contributed by atoms with Gasteiger partial charge in [-0.1, -0.05) is 49.4 Å². The molecule has 1 N–H and O–H groups in total. The Morgan fingerprint density at radius 1 is 1.03 bits per heavy atom. The Balaban J connectivity index is 1.81. The number of ether oxygens (including phenoxy) is 2. The molecule has 6 heteroatoms. The first-order chi connectivity index (χ1) is 15.5. The lowest BCUT2D eigenvalue weighted by Gasteiger charge is -2.08. The summed E-state index contributed by atoms with van der Waals surface area (Å²) in [6.45, 7) is 6.68. The van der Waals surface area contributed by atoms with E-state index in [1.54, 1.807) is 13.0 Å². The minimum Gasteiger partial charge on any atom is -0.494 e. The number of nitrogens with one attached hydrogen (secondary N) is 1. The van der Waals surface area contributed by atoms with Gasteiger partial charge in [-0.3, -0.25) is 4.79 Å². The number of rotatable bonds is 9. The van der Waals surface area contributed by atoms with Gasteiger partial charge in [-0.05, 0) is 49.6 Å². The fourth-order valence-corrected chi connectivity index (χ4v) is 4.27. The molecule has 0 aliphatic carbocycles. The van der Waals surface area contributed by atoms with Crippen LogP contribution in [0.15, 0.2) is 60.7 Å². The van der Waals surface area contributed by atoms with Gasteiger partial charge in [-0.25, -0.2) is 4.79 Å². The Bertz CT molecular complexity index is 1090. The Labute approximate surface area is 192 Å². The fraction of sp³-hybridized carbons (Fsp3) is 0.231. The van der Waals surface area contributed by atoms with Crippen molar-refractivity contribution in [2.75, 3.05) is 18.5 Å². The third kappa shape index (κ3) is 5.86. The molecule has 0 spiro atoms. The zero-order valence-corrected chi connectivity index (χ0v) is 19.3. The van der Waals surface area contributed by atoms with Crippen LogP contribution in [0.5, 0.6) is 5.75 Å². The van der Waals surface area contributed by atoms with Gasteiger partial charge >= 0.3 is 5.97 Å². The van der Waals surface area contributed by atoms with E-state index in [0.717, 1.165) is 33.7 Å². The van der Waals surface area contributed by atoms with Gasteiger partial charge in [-0.2, -0.15) is 0 Å². The third-order valence-corrected chi connectivity index (χ3v) is 5.66. The average Bonchev–Trinajstić information content (AvgIpc) is 3.13. The molecule has 1 amide bonds. The number of carbonyl (C=O) groups is 2. The van der Waals surface area contributed by atoms with Crippen molar-refractivity contribution in [1.29, 1.82) is 0 Å². The zero-order chi connectivity index (χ0) is 22.9. The van der Waals surface area contributed by atoms with E-state index in [0.29, 0.717) is 17.2 Å². The summed E-state index contributed by atoms with van der Waals surface area (Å²) < 4.78 is 10.9. The number of hydrogen-bond donors (Lipinski definition) is 1. The van der Waals surface area contributed by atoms with E-state index >= 15 is 0 Å². The highest BCUT2D eigenvalue weighted by molar-refractivity contribution is 7.17. The molecule has 166 valence electrons. The molecule has 0 atom stereocenters. The van der Waals surface area contributed by atoms with Crippen molar-refractivity contribution in [3.05, 3.63) is 76.7 Å². The summed E-state index contributed by atoms with van der Waals surface area (Å²) >= 11 is 1.37. The van der Waals surface area contributed by atoms with Crippen LogP contribution in [0.25, 0.3) is 17.2 Å². The number of carbonyl (C=O) groups excluding carboxylic acids is 2. The number of benzene rings is 2. The highest BCUT2D eigenvalue weighted by Gasteiger charge is 2.25. The van der Waals surface area contributed by atoms with Gasteiger partial charge in [-0.15, -0.1) is 11.3 Å². The molecule has 0 radical (unpaired) electrons. The van der Waals surface area contributed by atoms with Crippen molar-refractivity contribution < 1.29 is 19.1 Å². The van der Waals surface area contributed by atoms with E-state index in [4.69, 9.17) is 9.47 Å². The zero-order valence-electron chi connectivity index (χ0n) is 18.5. The topological polar surface area (TPSA) is 64.6 Å². The Hall–Kier alpha value is -3.38. The molecule has 5 nitrogen and oxygen atoms in total. The first-order valence-electron chi connectivity index (χ1n) is 10.6. The molecule has 3 aromatic rings. The van der Waals surface area contributed by atoms with Crippen molar-refractivity contribution in [2.24, 2.45) is 0 Å². The standard InChI is InChI=1S/C26H27NO4S/c1-4-17-31-21-14-11-19(12-15-21)13-16-22(28)27-25-24(26(29)30-5-2)23(18(3)32-25)20-9-7-6-8-10-20/h6-16H,4-5,17H2,1-3H3,(H,27,28)/b16-13+. The molecular weight excluding hydrogens is 422 g/mol. The van der Waals surface area contributed by atoms with Gasteiger partial charge < -0.3 is 14.8 Å². The molecule has 0 bridgehead atoms. The van der Waals surface area contributed by atoms with Crippen LogP contribution in [0.2, 0.25) is 0 Å². The molecule has 0 unspecified atom stereocenters. The molecule has 3 rings (SSSR count). The average molecular weight is 450 g/mol. The lowest BCUT2D eigenvalue weighted by molar-refractivity contribution is -0.111. The van der Waals surface area contributed by atoms with E-state index in [2.05, 4.69) is 12.2 Å². The van der Waals surface area contributed by atoms with Crippen LogP contribution in [0, 0.1) is 6.92 Å². The fourth-order valence-electron chi connectivity index (χ4n) is 3.20. The van der Waals surface area contributed by atoms with E-state index in [1.807, 2.05) is 61.5 Å². The molecule has 1 aromatic heterocycles. The van der Waals surface area contributed by atoms with Crippen LogP contribution < -0.4 is 10.1 Å². The second-order valence-electron chi connectivity index (χ2n) is 7.06. The summed E-state index contributed by atoms with van der Waals surface area (Å²) in [5, 5.41) is 3.34. The van der Waals surface area contributed by atoms with Gasteiger partial charge in [0.15, 0.2) is 0 Å². The lowest BCUT2D eigenvalue weighted by Crippen LogP contribution is -2.12. The lowest BCUT2D eigenvalue weighted by atomic mass is 10.0. The van der Waals surface area contributed by atoms with Crippen LogP contribution in [-0.2, 0) is 9.53 Å². The van der Waals surface area contributed by atoms with Gasteiger partial charge in [0.1, 0.15) is 16.3 Å². The number of aryl methyl sites for hydroxylation is 1. The number of hydrogen-bond acceptors (Lipinski definition) is 5. The minimum absolute atomic E-state index is 0.257. The largest absolute Gasteiger partial charge is 0.494 e. The third-order valence-electron chi connectivity index (χ3n) is 4.64. The maximum atomic E-state index is 12.7. The predicted molar refractivity (Wildman–Crippen MR) is 130 cm³/mol. The smallest absolute Gasteiger partial charge is 0.341 e. The maximum Gasteiger partial charge on any atom is 0.341 e. The summed E-state index contributed by atoms with van der Waals surface area (Å²) in [7, 11) is 0. The first-order valence-corrected chi connectivity index (χ1v) is 11.4. The highest BCUT2D eigenvalue weighted by Crippen LogP contribution is 2.40.